The van der Waals surface area contributed by atoms with Gasteiger partial charge in [0.05, 0.1) is 12.8 Å². The lowest BCUT2D eigenvalue weighted by molar-refractivity contribution is -0.170. The first-order valence-electron chi connectivity index (χ1n) is 9.33. The Bertz CT molecular complexity index is 755. The Morgan fingerprint density at radius 1 is 0.871 bits per heavy atom. The molecule has 0 aromatic carbocycles. The molecule has 0 spiro atoms. The second kappa shape index (κ2) is 13.2. The minimum atomic E-state index is -2.74. The van der Waals surface area contributed by atoms with Crippen molar-refractivity contribution in [1.82, 2.24) is 9.80 Å². The highest BCUT2D eigenvalue weighted by Gasteiger charge is 2.40. The van der Waals surface area contributed by atoms with Crippen LogP contribution in [0.5, 0.6) is 0 Å². The number of carbonyl (C=O) groups is 3. The molecule has 0 saturated carbocycles. The van der Waals surface area contributed by atoms with Crippen LogP contribution in [0.15, 0.2) is 35.0 Å². The lowest BCUT2D eigenvalue weighted by Gasteiger charge is -2.23. The van der Waals surface area contributed by atoms with Gasteiger partial charge in [-0.1, -0.05) is 12.1 Å². The maximum Gasteiger partial charge on any atom is 0.336 e. The lowest BCUT2D eigenvalue weighted by Crippen LogP contribution is -2.42. The number of carboxylic acids is 3. The van der Waals surface area contributed by atoms with E-state index in [1.165, 1.54) is 9.75 Å². The molecule has 0 amide bonds. The summed E-state index contributed by atoms with van der Waals surface area (Å²) in [6, 6.07) is 8.72. The van der Waals surface area contributed by atoms with Gasteiger partial charge < -0.3 is 25.3 Å². The van der Waals surface area contributed by atoms with E-state index < -0.39 is 36.4 Å². The average Bonchev–Trinajstić information content (AvgIpc) is 3.32. The SMILES string of the molecule is CN(C)CCN(Cc1cccs1)Cc1cccs1.O=C(O)CC(O)(CC(=O)O)C(=O)O. The smallest absolute Gasteiger partial charge is 0.336 e. The molecule has 9 nitrogen and oxygen atoms in total. The zero-order valence-electron chi connectivity index (χ0n) is 17.4. The third kappa shape index (κ3) is 11.0. The average molecular weight is 473 g/mol. The van der Waals surface area contributed by atoms with Crippen molar-refractivity contribution in [3.05, 3.63) is 44.8 Å². The Morgan fingerprint density at radius 3 is 1.61 bits per heavy atom. The van der Waals surface area contributed by atoms with Crippen molar-refractivity contribution in [1.29, 1.82) is 0 Å². The van der Waals surface area contributed by atoms with Gasteiger partial charge in [0.2, 0.25) is 0 Å². The Hall–Kier alpha value is -2.31. The summed E-state index contributed by atoms with van der Waals surface area (Å²) in [6.07, 6.45) is -2.29. The molecule has 0 radical (unpaired) electrons. The molecule has 11 heteroatoms. The quantitative estimate of drug-likeness (QED) is 0.366. The Balaban J connectivity index is 0.000000330. The van der Waals surface area contributed by atoms with Gasteiger partial charge in [-0.05, 0) is 37.0 Å². The first-order chi connectivity index (χ1) is 14.5. The first-order valence-corrected chi connectivity index (χ1v) is 11.1. The van der Waals surface area contributed by atoms with Gasteiger partial charge >= 0.3 is 17.9 Å². The topological polar surface area (TPSA) is 139 Å². The second-order valence-electron chi connectivity index (χ2n) is 7.15. The van der Waals surface area contributed by atoms with Crippen LogP contribution in [0.25, 0.3) is 0 Å². The molecule has 0 saturated heterocycles. The number of rotatable bonds is 12. The second-order valence-corrected chi connectivity index (χ2v) is 9.21. The van der Waals surface area contributed by atoms with Crippen LogP contribution in [-0.4, -0.2) is 80.9 Å². The van der Waals surface area contributed by atoms with E-state index in [-0.39, 0.29) is 0 Å². The van der Waals surface area contributed by atoms with Crippen LogP contribution in [0, 0.1) is 0 Å². The minimum Gasteiger partial charge on any atom is -0.481 e. The van der Waals surface area contributed by atoms with Crippen molar-refractivity contribution < 1.29 is 34.8 Å². The molecule has 172 valence electrons. The summed E-state index contributed by atoms with van der Waals surface area (Å²) in [7, 11) is 4.27. The Labute approximate surface area is 188 Å². The van der Waals surface area contributed by atoms with Crippen LogP contribution in [0.1, 0.15) is 22.6 Å². The van der Waals surface area contributed by atoms with Crippen molar-refractivity contribution in [2.75, 3.05) is 27.2 Å². The molecule has 0 fully saturated rings. The summed E-state index contributed by atoms with van der Waals surface area (Å²) in [5.41, 5.74) is -2.74. The Kier molecular flexibility index (Phi) is 11.4. The maximum atomic E-state index is 10.3. The van der Waals surface area contributed by atoms with Gasteiger partial charge in [-0.15, -0.1) is 22.7 Å². The molecule has 0 unspecified atom stereocenters. The standard InChI is InChI=1S/C14H20N2S2.C6H8O7/c1-15(2)7-8-16(11-13-5-3-9-17-13)12-14-6-4-10-18-14;7-3(8)1-6(13,5(11)12)2-4(9)10/h3-6,9-10H,7-8,11-12H2,1-2H3;13H,1-2H2,(H,7,8)(H,9,10)(H,11,12). The number of aliphatic hydroxyl groups is 1. The van der Waals surface area contributed by atoms with E-state index in [4.69, 9.17) is 20.4 Å². The highest BCUT2D eigenvalue weighted by atomic mass is 32.1. The van der Waals surface area contributed by atoms with E-state index >= 15 is 0 Å². The minimum absolute atomic E-state index is 1.06. The number of nitrogens with zero attached hydrogens (tertiary/aromatic N) is 2. The molecule has 0 aliphatic rings. The third-order valence-electron chi connectivity index (χ3n) is 4.07. The van der Waals surface area contributed by atoms with Gasteiger partial charge in [0.15, 0.2) is 5.60 Å². The molecule has 2 rings (SSSR count). The first kappa shape index (κ1) is 26.7. The number of hydrogen-bond acceptors (Lipinski definition) is 8. The zero-order valence-corrected chi connectivity index (χ0v) is 19.1. The predicted molar refractivity (Wildman–Crippen MR) is 118 cm³/mol. The number of carboxylic acid groups (broad SMARTS) is 3. The van der Waals surface area contributed by atoms with Crippen LogP contribution in [0.4, 0.5) is 0 Å². The summed E-state index contributed by atoms with van der Waals surface area (Å²) in [5.74, 6) is -5.02. The molecule has 2 heterocycles. The number of thiophene rings is 2. The van der Waals surface area contributed by atoms with E-state index in [2.05, 4.69) is 58.9 Å². The van der Waals surface area contributed by atoms with Crippen molar-refractivity contribution >= 4 is 40.6 Å². The molecule has 2 aromatic rings. The van der Waals surface area contributed by atoms with Gasteiger partial charge in [-0.2, -0.15) is 0 Å². The van der Waals surface area contributed by atoms with E-state index in [1.54, 1.807) is 0 Å². The van der Waals surface area contributed by atoms with Crippen LogP contribution >= 0.6 is 22.7 Å². The third-order valence-corrected chi connectivity index (χ3v) is 5.79. The summed E-state index contributed by atoms with van der Waals surface area (Å²) >= 11 is 3.69. The van der Waals surface area contributed by atoms with Gasteiger partial charge in [0.1, 0.15) is 0 Å². The van der Waals surface area contributed by atoms with Gasteiger partial charge in [-0.3, -0.25) is 14.5 Å². The Morgan fingerprint density at radius 2 is 1.32 bits per heavy atom. The fraction of sp³-hybridized carbons (Fsp3) is 0.450. The highest BCUT2D eigenvalue weighted by Crippen LogP contribution is 2.17. The van der Waals surface area contributed by atoms with E-state index in [0.29, 0.717) is 0 Å². The molecular weight excluding hydrogens is 444 g/mol. The zero-order chi connectivity index (χ0) is 23.4. The van der Waals surface area contributed by atoms with Crippen LogP contribution < -0.4 is 0 Å². The predicted octanol–water partition coefficient (Wildman–Crippen LogP) is 2.12. The lowest BCUT2D eigenvalue weighted by atomic mass is 9.96. The number of hydrogen-bond donors (Lipinski definition) is 4. The molecule has 2 aromatic heterocycles. The number of likely N-dealkylation sites (N-methyl/N-ethyl adjacent to an activating group) is 1. The monoisotopic (exact) mass is 472 g/mol. The summed E-state index contributed by atoms with van der Waals surface area (Å²) < 4.78 is 0. The molecule has 4 N–H and O–H groups in total. The molecule has 31 heavy (non-hydrogen) atoms. The van der Waals surface area contributed by atoms with Gasteiger partial charge in [0.25, 0.3) is 0 Å². The summed E-state index contributed by atoms with van der Waals surface area (Å²) in [6.45, 7) is 4.34. The van der Waals surface area contributed by atoms with Crippen LogP contribution in [0.2, 0.25) is 0 Å². The van der Waals surface area contributed by atoms with Gasteiger partial charge in [-0.25, -0.2) is 4.79 Å². The number of aliphatic carboxylic acids is 3. The van der Waals surface area contributed by atoms with Crippen molar-refractivity contribution in [3.8, 4) is 0 Å². The molecule has 0 aliphatic carbocycles. The van der Waals surface area contributed by atoms with E-state index in [9.17, 15) is 14.4 Å². The largest absolute Gasteiger partial charge is 0.481 e. The van der Waals surface area contributed by atoms with Crippen LogP contribution in [0.3, 0.4) is 0 Å². The van der Waals surface area contributed by atoms with Crippen LogP contribution in [-0.2, 0) is 27.5 Å². The fourth-order valence-corrected chi connectivity index (χ4v) is 4.01. The highest BCUT2D eigenvalue weighted by molar-refractivity contribution is 7.10. The summed E-state index contributed by atoms with van der Waals surface area (Å²) in [5, 5.41) is 38.1. The molecule has 0 aliphatic heterocycles. The molecule has 0 bridgehead atoms. The molecular formula is C20H28N2O7S2. The van der Waals surface area contributed by atoms with Crippen molar-refractivity contribution in [2.24, 2.45) is 0 Å². The van der Waals surface area contributed by atoms with Gasteiger partial charge in [0, 0.05) is 35.9 Å². The van der Waals surface area contributed by atoms with E-state index in [0.717, 1.165) is 26.2 Å². The summed E-state index contributed by atoms with van der Waals surface area (Å²) in [4.78, 5) is 38.2. The fourth-order valence-electron chi connectivity index (χ4n) is 2.52. The maximum absolute atomic E-state index is 10.3. The van der Waals surface area contributed by atoms with Crippen molar-refractivity contribution in [2.45, 2.75) is 31.5 Å². The van der Waals surface area contributed by atoms with E-state index in [1.807, 2.05) is 22.7 Å². The normalized spacial score (nSPS) is 11.3. The van der Waals surface area contributed by atoms with Crippen molar-refractivity contribution in [3.63, 3.8) is 0 Å². The molecule has 0 atom stereocenters.